The fraction of sp³-hybridized carbons (Fsp3) is 0.150. The molecule has 3 aromatic carbocycles. The van der Waals surface area contributed by atoms with Gasteiger partial charge in [0.25, 0.3) is 0 Å². The molecule has 0 fully saturated rings. The van der Waals surface area contributed by atoms with Crippen LogP contribution in [0.3, 0.4) is 0 Å². The predicted octanol–water partition coefficient (Wildman–Crippen LogP) is 4.41. The monoisotopic (exact) mass is 320 g/mol. The van der Waals surface area contributed by atoms with Crippen LogP contribution in [0.2, 0.25) is 0 Å². The largest absolute Gasteiger partial charge is 0.462 e. The van der Waals surface area contributed by atoms with E-state index in [1.807, 2.05) is 42.5 Å². The van der Waals surface area contributed by atoms with Crippen molar-refractivity contribution in [3.8, 4) is 22.6 Å². The maximum Gasteiger partial charge on any atom is 0.338 e. The average molecular weight is 320 g/mol. The summed E-state index contributed by atoms with van der Waals surface area (Å²) in [4.78, 5) is 11.8. The predicted molar refractivity (Wildman–Crippen MR) is 91.5 cm³/mol. The Bertz CT molecular complexity index is 930. The van der Waals surface area contributed by atoms with Gasteiger partial charge in [0.2, 0.25) is 6.79 Å². The lowest BCUT2D eigenvalue weighted by molar-refractivity contribution is 0.0526. The molecule has 1 heterocycles. The third-order valence-corrected chi connectivity index (χ3v) is 4.06. The van der Waals surface area contributed by atoms with Crippen LogP contribution in [0, 0.1) is 0 Å². The third kappa shape index (κ3) is 2.56. The zero-order chi connectivity index (χ0) is 16.5. The van der Waals surface area contributed by atoms with Crippen molar-refractivity contribution < 1.29 is 19.0 Å². The number of hydrogen-bond donors (Lipinski definition) is 0. The van der Waals surface area contributed by atoms with Crippen LogP contribution in [-0.4, -0.2) is 19.4 Å². The minimum absolute atomic E-state index is 0.271. The first-order valence-electron chi connectivity index (χ1n) is 7.85. The number of carbonyl (C=O) groups is 1. The van der Waals surface area contributed by atoms with Crippen LogP contribution < -0.4 is 9.47 Å². The normalized spacial score (nSPS) is 12.4. The molecule has 1 aliphatic rings. The number of hydrogen-bond acceptors (Lipinski definition) is 4. The van der Waals surface area contributed by atoms with Crippen molar-refractivity contribution >= 4 is 16.7 Å². The van der Waals surface area contributed by atoms with E-state index in [-0.39, 0.29) is 12.8 Å². The van der Waals surface area contributed by atoms with Gasteiger partial charge in [-0.15, -0.1) is 0 Å². The summed E-state index contributed by atoms with van der Waals surface area (Å²) in [6.07, 6.45) is 0. The van der Waals surface area contributed by atoms with Crippen LogP contribution in [-0.2, 0) is 4.74 Å². The first-order chi connectivity index (χ1) is 11.7. The standard InChI is InChI=1S/C20H16O4/c1-2-22-20(21)17-6-5-13-9-14(3-4-15(13)10-17)16-7-8-18-19(11-16)24-12-23-18/h3-11H,2,12H2,1H3. The molecular formula is C20H16O4. The van der Waals surface area contributed by atoms with Crippen LogP contribution in [0.1, 0.15) is 17.3 Å². The minimum Gasteiger partial charge on any atom is -0.462 e. The first-order valence-corrected chi connectivity index (χ1v) is 7.85. The van der Waals surface area contributed by atoms with Crippen LogP contribution in [0.15, 0.2) is 54.6 Å². The third-order valence-electron chi connectivity index (χ3n) is 4.06. The minimum atomic E-state index is -0.292. The Morgan fingerprint density at radius 2 is 1.62 bits per heavy atom. The second-order valence-electron chi connectivity index (χ2n) is 5.57. The highest BCUT2D eigenvalue weighted by atomic mass is 16.7. The van der Waals surface area contributed by atoms with E-state index < -0.39 is 0 Å². The Hall–Kier alpha value is -3.01. The second-order valence-corrected chi connectivity index (χ2v) is 5.57. The van der Waals surface area contributed by atoms with E-state index >= 15 is 0 Å². The van der Waals surface area contributed by atoms with Gasteiger partial charge in [-0.2, -0.15) is 0 Å². The molecule has 120 valence electrons. The highest BCUT2D eigenvalue weighted by Crippen LogP contribution is 2.36. The van der Waals surface area contributed by atoms with Crippen LogP contribution in [0.25, 0.3) is 21.9 Å². The number of fused-ring (bicyclic) bond motifs is 2. The molecule has 0 amide bonds. The van der Waals surface area contributed by atoms with Crippen LogP contribution in [0.5, 0.6) is 11.5 Å². The summed E-state index contributed by atoms with van der Waals surface area (Å²) in [5.41, 5.74) is 2.72. The van der Waals surface area contributed by atoms with Gasteiger partial charge in [-0.25, -0.2) is 4.79 Å². The molecule has 0 aromatic heterocycles. The number of esters is 1. The lowest BCUT2D eigenvalue weighted by Gasteiger charge is -2.07. The van der Waals surface area contributed by atoms with E-state index in [1.54, 1.807) is 13.0 Å². The Balaban J connectivity index is 1.71. The van der Waals surface area contributed by atoms with Crippen LogP contribution in [0.4, 0.5) is 0 Å². The smallest absolute Gasteiger partial charge is 0.338 e. The number of benzene rings is 3. The molecule has 0 aliphatic carbocycles. The van der Waals surface area contributed by atoms with Gasteiger partial charge in [-0.05, 0) is 59.2 Å². The molecule has 4 nitrogen and oxygen atoms in total. The highest BCUT2D eigenvalue weighted by Gasteiger charge is 2.14. The van der Waals surface area contributed by atoms with Crippen molar-refractivity contribution in [2.45, 2.75) is 6.92 Å². The maximum absolute atomic E-state index is 11.8. The summed E-state index contributed by atoms with van der Waals surface area (Å²) >= 11 is 0. The lowest BCUT2D eigenvalue weighted by atomic mass is 9.99. The molecule has 4 rings (SSSR count). The molecule has 0 bridgehead atoms. The summed E-state index contributed by atoms with van der Waals surface area (Å²) in [5, 5.41) is 2.07. The number of carbonyl (C=O) groups excluding carboxylic acids is 1. The van der Waals surface area contributed by atoms with Crippen LogP contribution >= 0.6 is 0 Å². The SMILES string of the molecule is CCOC(=O)c1ccc2cc(-c3ccc4c(c3)OCO4)ccc2c1. The van der Waals surface area contributed by atoms with E-state index in [0.29, 0.717) is 12.2 Å². The van der Waals surface area contributed by atoms with Gasteiger partial charge in [0.05, 0.1) is 12.2 Å². The Labute approximate surface area is 139 Å². The van der Waals surface area contributed by atoms with Gasteiger partial charge in [0, 0.05) is 0 Å². The molecule has 0 radical (unpaired) electrons. The summed E-state index contributed by atoms with van der Waals surface area (Å²) < 4.78 is 15.8. The van der Waals surface area contributed by atoms with Gasteiger partial charge in [-0.1, -0.05) is 24.3 Å². The Morgan fingerprint density at radius 3 is 2.50 bits per heavy atom. The highest BCUT2D eigenvalue weighted by molar-refractivity contribution is 5.96. The molecule has 4 heteroatoms. The lowest BCUT2D eigenvalue weighted by Crippen LogP contribution is -2.04. The molecule has 0 saturated heterocycles. The van der Waals surface area contributed by atoms with Gasteiger partial charge >= 0.3 is 5.97 Å². The van der Waals surface area contributed by atoms with E-state index in [0.717, 1.165) is 33.4 Å². The van der Waals surface area contributed by atoms with Gasteiger partial charge in [0.1, 0.15) is 0 Å². The zero-order valence-electron chi connectivity index (χ0n) is 13.2. The molecule has 1 aliphatic heterocycles. The number of rotatable bonds is 3. The molecule has 0 N–H and O–H groups in total. The molecular weight excluding hydrogens is 304 g/mol. The molecule has 24 heavy (non-hydrogen) atoms. The zero-order valence-corrected chi connectivity index (χ0v) is 13.2. The molecule has 3 aromatic rings. The molecule has 0 atom stereocenters. The second kappa shape index (κ2) is 5.89. The summed E-state index contributed by atoms with van der Waals surface area (Å²) in [7, 11) is 0. The Morgan fingerprint density at radius 1 is 0.917 bits per heavy atom. The van der Waals surface area contributed by atoms with E-state index in [2.05, 4.69) is 6.07 Å². The van der Waals surface area contributed by atoms with Crippen molar-refractivity contribution in [1.82, 2.24) is 0 Å². The van der Waals surface area contributed by atoms with E-state index in [4.69, 9.17) is 14.2 Å². The fourth-order valence-electron chi connectivity index (χ4n) is 2.84. The topological polar surface area (TPSA) is 44.8 Å². The molecule has 0 unspecified atom stereocenters. The summed E-state index contributed by atoms with van der Waals surface area (Å²) in [6, 6.07) is 17.7. The quantitative estimate of drug-likeness (QED) is 0.670. The van der Waals surface area contributed by atoms with Gasteiger partial charge in [0.15, 0.2) is 11.5 Å². The van der Waals surface area contributed by atoms with Crippen molar-refractivity contribution in [2.75, 3.05) is 13.4 Å². The van der Waals surface area contributed by atoms with E-state index in [9.17, 15) is 4.79 Å². The average Bonchev–Trinajstić information content (AvgIpc) is 3.08. The Kier molecular flexibility index (Phi) is 3.58. The fourth-order valence-corrected chi connectivity index (χ4v) is 2.84. The van der Waals surface area contributed by atoms with Crippen molar-refractivity contribution in [3.63, 3.8) is 0 Å². The molecule has 0 saturated carbocycles. The first kappa shape index (κ1) is 14.6. The van der Waals surface area contributed by atoms with Gasteiger partial charge in [-0.3, -0.25) is 0 Å². The van der Waals surface area contributed by atoms with Crippen molar-refractivity contribution in [2.24, 2.45) is 0 Å². The number of ether oxygens (including phenoxy) is 3. The molecule has 0 spiro atoms. The summed E-state index contributed by atoms with van der Waals surface area (Å²) in [5.74, 6) is 1.25. The van der Waals surface area contributed by atoms with E-state index in [1.165, 1.54) is 0 Å². The maximum atomic E-state index is 11.8. The van der Waals surface area contributed by atoms with Crippen molar-refractivity contribution in [1.29, 1.82) is 0 Å². The summed E-state index contributed by atoms with van der Waals surface area (Å²) in [6.45, 7) is 2.45. The van der Waals surface area contributed by atoms with Crippen molar-refractivity contribution in [3.05, 3.63) is 60.2 Å². The van der Waals surface area contributed by atoms with Gasteiger partial charge < -0.3 is 14.2 Å².